The van der Waals surface area contributed by atoms with Crippen LogP contribution in [-0.2, 0) is 25.6 Å². The number of aliphatic hydroxyl groups excluding tert-OH is 2. The minimum absolute atomic E-state index is 0.382. The van der Waals surface area contributed by atoms with Crippen LogP contribution in [0.3, 0.4) is 0 Å². The Morgan fingerprint density at radius 2 is 2.13 bits per heavy atom. The van der Waals surface area contributed by atoms with Gasteiger partial charge in [0.2, 0.25) is 0 Å². The van der Waals surface area contributed by atoms with Gasteiger partial charge in [-0.1, -0.05) is 6.07 Å². The molecular formula is C16H20N6O6S2. The van der Waals surface area contributed by atoms with Gasteiger partial charge >= 0.3 is 10.3 Å². The molecular weight excluding hydrogens is 436 g/mol. The minimum Gasteiger partial charge on any atom is -0.387 e. The number of anilines is 1. The number of nitrogens with one attached hydrogen (secondary N) is 1. The third-order valence-corrected chi connectivity index (χ3v) is 6.01. The minimum atomic E-state index is -4.21. The second-order valence-corrected chi connectivity index (χ2v) is 8.88. The number of ether oxygens (including phenoxy) is 1. The molecule has 0 aromatic carbocycles. The second kappa shape index (κ2) is 8.50. The van der Waals surface area contributed by atoms with Crippen molar-refractivity contribution in [2.45, 2.75) is 31.0 Å². The Kier molecular flexibility index (Phi) is 5.97. The van der Waals surface area contributed by atoms with Crippen molar-refractivity contribution in [3.63, 3.8) is 0 Å². The van der Waals surface area contributed by atoms with E-state index in [4.69, 9.17) is 9.88 Å². The molecule has 0 spiro atoms. The maximum atomic E-state index is 11.0. The summed E-state index contributed by atoms with van der Waals surface area (Å²) in [5, 5.41) is 30.6. The summed E-state index contributed by atoms with van der Waals surface area (Å²) >= 11 is 1.67. The summed E-state index contributed by atoms with van der Waals surface area (Å²) in [5.41, 5.74) is 0.853. The van der Waals surface area contributed by atoms with Crippen LogP contribution >= 0.6 is 11.3 Å². The predicted octanol–water partition coefficient (Wildman–Crippen LogP) is -0.618. The first-order valence-electron chi connectivity index (χ1n) is 8.96. The highest BCUT2D eigenvalue weighted by atomic mass is 32.2. The molecule has 0 bridgehead atoms. The van der Waals surface area contributed by atoms with Crippen molar-refractivity contribution < 1.29 is 27.6 Å². The van der Waals surface area contributed by atoms with Gasteiger partial charge in [0, 0.05) is 11.4 Å². The smallest absolute Gasteiger partial charge is 0.333 e. The van der Waals surface area contributed by atoms with Gasteiger partial charge in [-0.05, 0) is 17.9 Å². The number of nitrogens with two attached hydrogens (primary N) is 1. The van der Waals surface area contributed by atoms with Crippen LogP contribution in [0.2, 0.25) is 0 Å². The molecule has 0 amide bonds. The SMILES string of the molecule is NS(=O)(=O)OC[C@H]1O[C@@H](n2cnc3c(NCCc4cccs4)ncnc32)[C@H](O)[C@@H]1O. The Morgan fingerprint density at radius 3 is 2.87 bits per heavy atom. The van der Waals surface area contributed by atoms with Crippen molar-refractivity contribution in [3.05, 3.63) is 35.0 Å². The van der Waals surface area contributed by atoms with Crippen LogP contribution in [0.5, 0.6) is 0 Å². The maximum Gasteiger partial charge on any atom is 0.333 e. The lowest BCUT2D eigenvalue weighted by molar-refractivity contribution is -0.0467. The number of fused-ring (bicyclic) bond motifs is 1. The Bertz CT molecular complexity index is 1100. The van der Waals surface area contributed by atoms with E-state index in [1.807, 2.05) is 11.4 Å². The first-order valence-corrected chi connectivity index (χ1v) is 11.3. The molecule has 5 N–H and O–H groups in total. The van der Waals surface area contributed by atoms with Gasteiger partial charge in [0.05, 0.1) is 12.9 Å². The number of imidazole rings is 1. The summed E-state index contributed by atoms with van der Waals surface area (Å²) in [6, 6.07) is 4.05. The van der Waals surface area contributed by atoms with E-state index < -0.39 is 41.5 Å². The third kappa shape index (κ3) is 4.44. The van der Waals surface area contributed by atoms with Crippen molar-refractivity contribution in [2.24, 2.45) is 5.14 Å². The predicted molar refractivity (Wildman–Crippen MR) is 107 cm³/mol. The van der Waals surface area contributed by atoms with Crippen molar-refractivity contribution >= 4 is 38.6 Å². The quantitative estimate of drug-likeness (QED) is 0.342. The maximum absolute atomic E-state index is 11.0. The molecule has 0 unspecified atom stereocenters. The van der Waals surface area contributed by atoms with Crippen LogP contribution in [0.25, 0.3) is 11.2 Å². The number of hydrogen-bond acceptors (Lipinski definition) is 11. The van der Waals surface area contributed by atoms with Gasteiger partial charge in [-0.15, -0.1) is 11.3 Å². The molecule has 0 saturated carbocycles. The lowest BCUT2D eigenvalue weighted by Crippen LogP contribution is -2.35. The molecule has 30 heavy (non-hydrogen) atoms. The van der Waals surface area contributed by atoms with Crippen molar-refractivity contribution in [1.82, 2.24) is 19.5 Å². The zero-order valence-electron chi connectivity index (χ0n) is 15.5. The van der Waals surface area contributed by atoms with E-state index in [1.54, 1.807) is 11.3 Å². The van der Waals surface area contributed by atoms with Gasteiger partial charge in [0.25, 0.3) is 0 Å². The molecule has 1 fully saturated rings. The van der Waals surface area contributed by atoms with E-state index >= 15 is 0 Å². The van der Waals surface area contributed by atoms with Crippen LogP contribution in [0, 0.1) is 0 Å². The second-order valence-electron chi connectivity index (χ2n) is 6.63. The summed E-state index contributed by atoms with van der Waals surface area (Å²) in [4.78, 5) is 14.0. The van der Waals surface area contributed by atoms with Crippen molar-refractivity contribution in [2.75, 3.05) is 18.5 Å². The fourth-order valence-corrected chi connectivity index (χ4v) is 4.22. The summed E-state index contributed by atoms with van der Waals surface area (Å²) in [5.74, 6) is 0.525. The number of nitrogens with zero attached hydrogens (tertiary/aromatic N) is 4. The lowest BCUT2D eigenvalue weighted by Gasteiger charge is -2.16. The van der Waals surface area contributed by atoms with Crippen LogP contribution < -0.4 is 10.5 Å². The molecule has 0 radical (unpaired) electrons. The Hall–Kier alpha value is -2.20. The van der Waals surface area contributed by atoms with Crippen molar-refractivity contribution in [3.8, 4) is 0 Å². The number of thiophene rings is 1. The molecule has 162 valence electrons. The van der Waals surface area contributed by atoms with Gasteiger partial charge in [-0.2, -0.15) is 8.42 Å². The average molecular weight is 457 g/mol. The lowest BCUT2D eigenvalue weighted by atomic mass is 10.1. The first kappa shape index (κ1) is 21.0. The molecule has 1 aliphatic heterocycles. The standard InChI is InChI=1S/C16H20N6O6S2/c17-30(25,26)27-6-10-12(23)13(24)16(28-10)22-8-21-11-14(19-7-20-15(11)22)18-4-3-9-2-1-5-29-9/h1-2,5,7-8,10,12-13,16,23-24H,3-4,6H2,(H2,17,25,26)(H,18,19,20)/t10-,12-,13-,16-/m1/s1. The average Bonchev–Trinajstić information content (AvgIpc) is 3.42. The fourth-order valence-electron chi connectivity index (χ4n) is 3.19. The highest BCUT2D eigenvalue weighted by Gasteiger charge is 2.44. The van der Waals surface area contributed by atoms with Gasteiger partial charge in [-0.25, -0.2) is 20.1 Å². The molecule has 1 saturated heterocycles. The van der Waals surface area contributed by atoms with Crippen molar-refractivity contribution in [1.29, 1.82) is 0 Å². The number of aliphatic hydroxyl groups is 2. The van der Waals surface area contributed by atoms with Crippen LogP contribution in [0.1, 0.15) is 11.1 Å². The first-order chi connectivity index (χ1) is 14.3. The van der Waals surface area contributed by atoms with Gasteiger partial charge < -0.3 is 20.3 Å². The molecule has 3 aromatic rings. The van der Waals surface area contributed by atoms with E-state index in [0.29, 0.717) is 23.5 Å². The van der Waals surface area contributed by atoms with Crippen LogP contribution in [0.4, 0.5) is 5.82 Å². The highest BCUT2D eigenvalue weighted by Crippen LogP contribution is 2.32. The number of hydrogen-bond donors (Lipinski definition) is 4. The van der Waals surface area contributed by atoms with E-state index in [0.717, 1.165) is 6.42 Å². The number of rotatable bonds is 8. The van der Waals surface area contributed by atoms with Gasteiger partial charge in [-0.3, -0.25) is 8.75 Å². The molecule has 4 heterocycles. The summed E-state index contributed by atoms with van der Waals surface area (Å²) in [6.07, 6.45) is -1.31. The van der Waals surface area contributed by atoms with E-state index in [9.17, 15) is 18.6 Å². The molecule has 4 atom stereocenters. The zero-order chi connectivity index (χ0) is 21.3. The van der Waals surface area contributed by atoms with E-state index in [-0.39, 0.29) is 0 Å². The molecule has 0 aliphatic carbocycles. The zero-order valence-corrected chi connectivity index (χ0v) is 17.2. The molecule has 1 aliphatic rings. The normalized spacial score (nSPS) is 24.5. The largest absolute Gasteiger partial charge is 0.387 e. The molecule has 4 rings (SSSR count). The fraction of sp³-hybridized carbons (Fsp3) is 0.438. The summed E-state index contributed by atoms with van der Waals surface area (Å²) < 4.78 is 33.5. The molecule has 14 heteroatoms. The molecule has 3 aromatic heterocycles. The number of aromatic nitrogens is 4. The Labute approximate surface area is 175 Å². The summed E-state index contributed by atoms with van der Waals surface area (Å²) in [6.45, 7) is 0.110. The van der Waals surface area contributed by atoms with Gasteiger partial charge in [0.15, 0.2) is 23.2 Å². The Balaban J connectivity index is 1.50. The van der Waals surface area contributed by atoms with E-state index in [1.165, 1.54) is 22.1 Å². The third-order valence-electron chi connectivity index (χ3n) is 4.61. The van der Waals surface area contributed by atoms with Gasteiger partial charge in [0.1, 0.15) is 24.6 Å². The highest BCUT2D eigenvalue weighted by molar-refractivity contribution is 7.84. The van der Waals surface area contributed by atoms with Crippen LogP contribution in [0.15, 0.2) is 30.2 Å². The monoisotopic (exact) mass is 456 g/mol. The van der Waals surface area contributed by atoms with Crippen LogP contribution in [-0.4, -0.2) is 69.6 Å². The Morgan fingerprint density at radius 1 is 1.30 bits per heavy atom. The van der Waals surface area contributed by atoms with E-state index in [2.05, 4.69) is 30.5 Å². The summed E-state index contributed by atoms with van der Waals surface area (Å²) in [7, 11) is -4.21. The topological polar surface area (TPSA) is 175 Å². The molecule has 12 nitrogen and oxygen atoms in total.